The van der Waals surface area contributed by atoms with Crippen molar-refractivity contribution in [1.82, 2.24) is 9.88 Å². The first kappa shape index (κ1) is 22.8. The van der Waals surface area contributed by atoms with Crippen molar-refractivity contribution < 1.29 is 18.7 Å². The summed E-state index contributed by atoms with van der Waals surface area (Å²) in [6.45, 7) is 10.8. The third kappa shape index (κ3) is 5.41. The molecular formula is C26H29N3O4S. The summed E-state index contributed by atoms with van der Waals surface area (Å²) >= 11 is 1.68. The Labute approximate surface area is 202 Å². The van der Waals surface area contributed by atoms with Crippen LogP contribution in [-0.4, -0.2) is 54.9 Å². The number of thiophene rings is 1. The molecule has 178 valence electrons. The van der Waals surface area contributed by atoms with Crippen LogP contribution in [0.5, 0.6) is 5.75 Å². The molecule has 0 atom stereocenters. The number of benzene rings is 1. The van der Waals surface area contributed by atoms with E-state index in [0.29, 0.717) is 23.3 Å². The van der Waals surface area contributed by atoms with Crippen molar-refractivity contribution in [2.45, 2.75) is 26.4 Å². The zero-order chi connectivity index (χ0) is 23.5. The molecule has 3 aromatic heterocycles. The monoisotopic (exact) mass is 479 g/mol. The average molecular weight is 480 g/mol. The van der Waals surface area contributed by atoms with Crippen LogP contribution in [0.25, 0.3) is 32.5 Å². The van der Waals surface area contributed by atoms with E-state index >= 15 is 0 Å². The molecule has 1 aliphatic rings. The van der Waals surface area contributed by atoms with Gasteiger partial charge in [-0.2, -0.15) is 0 Å². The maximum Gasteiger partial charge on any atom is 0.155 e. The molecular weight excluding hydrogens is 450 g/mol. The van der Waals surface area contributed by atoms with Gasteiger partial charge in [0.2, 0.25) is 0 Å². The molecule has 0 unspecified atom stereocenters. The second kappa shape index (κ2) is 9.74. The molecule has 4 heterocycles. The first-order valence-electron chi connectivity index (χ1n) is 11.5. The van der Waals surface area contributed by atoms with Crippen molar-refractivity contribution in [1.29, 1.82) is 0 Å². The molecule has 1 aliphatic heterocycles. The molecule has 0 aliphatic carbocycles. The van der Waals surface area contributed by atoms with Gasteiger partial charge in [0.25, 0.3) is 0 Å². The van der Waals surface area contributed by atoms with Crippen LogP contribution in [0.1, 0.15) is 20.8 Å². The summed E-state index contributed by atoms with van der Waals surface area (Å²) in [7, 11) is 0. The molecule has 7 nitrogen and oxygen atoms in total. The van der Waals surface area contributed by atoms with Crippen LogP contribution in [0.2, 0.25) is 0 Å². The van der Waals surface area contributed by atoms with Crippen LogP contribution in [0.15, 0.2) is 57.5 Å². The summed E-state index contributed by atoms with van der Waals surface area (Å²) in [6, 6.07) is 11.8. The van der Waals surface area contributed by atoms with Crippen molar-refractivity contribution in [3.05, 3.63) is 53.3 Å². The van der Waals surface area contributed by atoms with Gasteiger partial charge in [0, 0.05) is 42.0 Å². The van der Waals surface area contributed by atoms with Crippen LogP contribution in [0, 0.1) is 0 Å². The number of nitrogens with zero attached hydrogens (tertiary/aromatic N) is 3. The fraction of sp³-hybridized carbons (Fsp3) is 0.385. The Morgan fingerprint density at radius 1 is 1.12 bits per heavy atom. The molecule has 5 rings (SSSR count). The Balaban J connectivity index is 1.47. The van der Waals surface area contributed by atoms with E-state index in [-0.39, 0.29) is 0 Å². The minimum absolute atomic E-state index is 0.417. The highest BCUT2D eigenvalue weighted by atomic mass is 32.1. The summed E-state index contributed by atoms with van der Waals surface area (Å²) in [5.41, 5.74) is 1.04. The van der Waals surface area contributed by atoms with Crippen LogP contribution in [0.4, 0.5) is 0 Å². The van der Waals surface area contributed by atoms with Gasteiger partial charge in [-0.15, -0.1) is 11.3 Å². The van der Waals surface area contributed by atoms with Gasteiger partial charge in [0.05, 0.1) is 18.6 Å². The van der Waals surface area contributed by atoms with Crippen molar-refractivity contribution in [3.8, 4) is 17.2 Å². The number of aromatic nitrogens is 1. The molecule has 4 aromatic rings. The lowest BCUT2D eigenvalue weighted by Gasteiger charge is -2.26. The van der Waals surface area contributed by atoms with E-state index in [1.165, 1.54) is 0 Å². The van der Waals surface area contributed by atoms with E-state index in [9.17, 15) is 0 Å². The van der Waals surface area contributed by atoms with Crippen molar-refractivity contribution >= 4 is 32.4 Å². The van der Waals surface area contributed by atoms with Gasteiger partial charge in [-0.25, -0.2) is 0 Å². The number of rotatable bonds is 6. The van der Waals surface area contributed by atoms with E-state index in [4.69, 9.17) is 18.7 Å². The number of hydrogen-bond acceptors (Lipinski definition) is 8. The topological polar surface area (TPSA) is 69.3 Å². The van der Waals surface area contributed by atoms with Crippen LogP contribution in [0.3, 0.4) is 0 Å². The second-order valence-corrected chi connectivity index (χ2v) is 10.2. The van der Waals surface area contributed by atoms with Crippen molar-refractivity contribution in [2.75, 3.05) is 39.5 Å². The minimum Gasteiger partial charge on any atom is -0.492 e. The lowest BCUT2D eigenvalue weighted by molar-refractivity contribution is -0.00585. The second-order valence-electron chi connectivity index (χ2n) is 9.28. The average Bonchev–Trinajstić information content (AvgIpc) is 3.30. The van der Waals surface area contributed by atoms with Crippen molar-refractivity contribution in [3.63, 3.8) is 0 Å². The lowest BCUT2D eigenvalue weighted by Crippen LogP contribution is -2.38. The predicted octanol–water partition coefficient (Wildman–Crippen LogP) is 5.05. The Morgan fingerprint density at radius 3 is 2.79 bits per heavy atom. The number of pyridine rings is 1. The molecule has 0 amide bonds. The number of hydrogen-bond donors (Lipinski definition) is 0. The summed E-state index contributed by atoms with van der Waals surface area (Å²) in [5.74, 6) is 1.41. The summed E-state index contributed by atoms with van der Waals surface area (Å²) in [5, 5.41) is 9.16. The Bertz CT molecular complexity index is 1350. The summed E-state index contributed by atoms with van der Waals surface area (Å²) in [6.07, 6.45) is 1.87. The van der Waals surface area contributed by atoms with E-state index in [1.54, 1.807) is 11.3 Å². The smallest absolute Gasteiger partial charge is 0.155 e. The highest BCUT2D eigenvalue weighted by Crippen LogP contribution is 2.28. The van der Waals surface area contributed by atoms with Gasteiger partial charge in [0.1, 0.15) is 34.6 Å². The molecule has 1 aromatic carbocycles. The van der Waals surface area contributed by atoms with Gasteiger partial charge in [0.15, 0.2) is 5.76 Å². The summed E-state index contributed by atoms with van der Waals surface area (Å²) < 4.78 is 18.9. The molecule has 1 fully saturated rings. The highest BCUT2D eigenvalue weighted by molar-refractivity contribution is 7.17. The van der Waals surface area contributed by atoms with Gasteiger partial charge < -0.3 is 18.7 Å². The highest BCUT2D eigenvalue weighted by Gasteiger charge is 2.14. The molecule has 0 N–H and O–H groups in total. The zero-order valence-corrected chi connectivity index (χ0v) is 20.6. The Kier molecular flexibility index (Phi) is 6.54. The van der Waals surface area contributed by atoms with Crippen LogP contribution >= 0.6 is 11.3 Å². The maximum atomic E-state index is 6.25. The number of morpholine rings is 1. The molecule has 0 saturated carbocycles. The first-order valence-corrected chi connectivity index (χ1v) is 12.4. The van der Waals surface area contributed by atoms with Crippen molar-refractivity contribution in [2.24, 2.45) is 5.16 Å². The quantitative estimate of drug-likeness (QED) is 0.361. The predicted molar refractivity (Wildman–Crippen MR) is 134 cm³/mol. The fourth-order valence-corrected chi connectivity index (χ4v) is 4.53. The molecule has 0 spiro atoms. The lowest BCUT2D eigenvalue weighted by atomic mass is 10.1. The molecule has 0 bridgehead atoms. The van der Waals surface area contributed by atoms with Crippen LogP contribution < -0.4 is 10.1 Å². The number of fused-ring (bicyclic) bond motifs is 2. The molecule has 1 saturated heterocycles. The molecule has 0 radical (unpaired) electrons. The maximum absolute atomic E-state index is 6.25. The minimum atomic E-state index is -0.417. The molecule has 8 heteroatoms. The van der Waals surface area contributed by atoms with Gasteiger partial charge in [-0.1, -0.05) is 5.16 Å². The zero-order valence-electron chi connectivity index (χ0n) is 19.7. The first-order chi connectivity index (χ1) is 16.4. The van der Waals surface area contributed by atoms with E-state index in [2.05, 4.69) is 26.5 Å². The fourth-order valence-electron chi connectivity index (χ4n) is 3.73. The van der Waals surface area contributed by atoms with E-state index in [1.807, 2.05) is 57.3 Å². The van der Waals surface area contributed by atoms with Gasteiger partial charge in [-0.05, 0) is 56.5 Å². The van der Waals surface area contributed by atoms with E-state index < -0.39 is 5.60 Å². The Morgan fingerprint density at radius 2 is 1.97 bits per heavy atom. The number of ether oxygens (including phenoxy) is 2. The van der Waals surface area contributed by atoms with Gasteiger partial charge in [-0.3, -0.25) is 9.88 Å². The van der Waals surface area contributed by atoms with E-state index in [0.717, 1.165) is 59.8 Å². The molecule has 34 heavy (non-hydrogen) atoms. The third-order valence-corrected chi connectivity index (χ3v) is 6.38. The Hall–Kier alpha value is -2.94. The SMILES string of the molecule is CC(C)(C)ON=c1cc(-c2cc3sccc3cn2)oc2ccc(OCCN3CCOCC3)cc12. The third-order valence-electron chi connectivity index (χ3n) is 5.50. The largest absolute Gasteiger partial charge is 0.492 e. The normalized spacial score (nSPS) is 15.8. The van der Waals surface area contributed by atoms with Gasteiger partial charge >= 0.3 is 0 Å². The standard InChI is InChI=1S/C26H29N3O4S/c1-26(2,3)33-28-21-15-24(22-16-25-18(17-27-22)6-13-34-25)32-23-5-4-19(14-20(21)23)31-12-9-29-7-10-30-11-8-29/h4-6,13-17H,7-12H2,1-3H3. The summed E-state index contributed by atoms with van der Waals surface area (Å²) in [4.78, 5) is 12.7. The van der Waals surface area contributed by atoms with Crippen LogP contribution in [-0.2, 0) is 9.57 Å².